The molecule has 3 heteroatoms. The molecule has 0 unspecified atom stereocenters. The van der Waals surface area contributed by atoms with E-state index in [4.69, 9.17) is 5.73 Å². The number of aryl methyl sites for hydroxylation is 1. The van der Waals surface area contributed by atoms with E-state index in [1.54, 1.807) is 6.20 Å². The third kappa shape index (κ3) is 1.66. The van der Waals surface area contributed by atoms with Gasteiger partial charge >= 0.3 is 0 Å². The molecule has 0 aliphatic carbocycles. The topological polar surface area (TPSA) is 43.8 Å². The van der Waals surface area contributed by atoms with E-state index >= 15 is 0 Å². The first-order valence-electron chi connectivity index (χ1n) is 5.03. The van der Waals surface area contributed by atoms with Crippen molar-refractivity contribution in [2.75, 3.05) is 0 Å². The molecule has 1 aromatic heterocycles. The van der Waals surface area contributed by atoms with E-state index < -0.39 is 0 Å². The van der Waals surface area contributed by atoms with Gasteiger partial charge in [0.15, 0.2) is 0 Å². The number of imidazole rings is 1. The van der Waals surface area contributed by atoms with Crippen LogP contribution in [0.2, 0.25) is 0 Å². The second kappa shape index (κ2) is 3.87. The zero-order chi connectivity index (χ0) is 10.8. The van der Waals surface area contributed by atoms with Gasteiger partial charge in [-0.2, -0.15) is 0 Å². The molecule has 0 aliphatic rings. The van der Waals surface area contributed by atoms with Crippen molar-refractivity contribution in [2.24, 2.45) is 5.73 Å². The highest BCUT2D eigenvalue weighted by molar-refractivity contribution is 5.45. The highest BCUT2D eigenvalue weighted by Crippen LogP contribution is 2.18. The number of hydrogen-bond acceptors (Lipinski definition) is 2. The fraction of sp³-hybridized carbons (Fsp3) is 0.250. The predicted molar refractivity (Wildman–Crippen MR) is 60.9 cm³/mol. The van der Waals surface area contributed by atoms with Crippen molar-refractivity contribution in [3.8, 4) is 5.69 Å². The predicted octanol–water partition coefficient (Wildman–Crippen LogP) is 1.95. The number of rotatable bonds is 2. The quantitative estimate of drug-likeness (QED) is 0.807. The van der Waals surface area contributed by atoms with Gasteiger partial charge < -0.3 is 10.3 Å². The zero-order valence-corrected chi connectivity index (χ0v) is 9.07. The minimum atomic E-state index is 0.459. The van der Waals surface area contributed by atoms with Crippen LogP contribution in [0.3, 0.4) is 0 Å². The minimum absolute atomic E-state index is 0.459. The van der Waals surface area contributed by atoms with Crippen LogP contribution in [0.1, 0.15) is 17.0 Å². The van der Waals surface area contributed by atoms with Crippen molar-refractivity contribution in [3.63, 3.8) is 0 Å². The van der Waals surface area contributed by atoms with Gasteiger partial charge in [-0.3, -0.25) is 0 Å². The summed E-state index contributed by atoms with van der Waals surface area (Å²) in [5.74, 6) is 0.892. The lowest BCUT2D eigenvalue weighted by Crippen LogP contribution is -2.07. The van der Waals surface area contributed by atoms with Gasteiger partial charge in [-0.1, -0.05) is 12.1 Å². The zero-order valence-electron chi connectivity index (χ0n) is 9.07. The summed E-state index contributed by atoms with van der Waals surface area (Å²) < 4.78 is 2.04. The Bertz CT molecular complexity index is 471. The van der Waals surface area contributed by atoms with Crippen LogP contribution in [-0.4, -0.2) is 9.55 Å². The molecular formula is C12H15N3. The van der Waals surface area contributed by atoms with Gasteiger partial charge in [0.25, 0.3) is 0 Å². The van der Waals surface area contributed by atoms with E-state index in [1.165, 1.54) is 11.1 Å². The van der Waals surface area contributed by atoms with Crippen LogP contribution < -0.4 is 5.73 Å². The van der Waals surface area contributed by atoms with Gasteiger partial charge in [0, 0.05) is 18.1 Å². The third-order valence-electron chi connectivity index (χ3n) is 2.74. The summed E-state index contributed by atoms with van der Waals surface area (Å²) in [6.07, 6.45) is 3.73. The molecule has 0 spiro atoms. The second-order valence-corrected chi connectivity index (χ2v) is 3.64. The number of nitrogens with zero attached hydrogens (tertiary/aromatic N) is 2. The molecule has 0 amide bonds. The Morgan fingerprint density at radius 3 is 2.87 bits per heavy atom. The minimum Gasteiger partial charge on any atom is -0.324 e. The van der Waals surface area contributed by atoms with Crippen LogP contribution >= 0.6 is 0 Å². The molecule has 0 saturated carbocycles. The summed E-state index contributed by atoms with van der Waals surface area (Å²) >= 11 is 0. The Hall–Kier alpha value is -1.61. The highest BCUT2D eigenvalue weighted by atomic mass is 15.1. The molecule has 0 saturated heterocycles. The van der Waals surface area contributed by atoms with E-state index in [1.807, 2.05) is 10.8 Å². The molecule has 0 bridgehead atoms. The van der Waals surface area contributed by atoms with Gasteiger partial charge in [-0.05, 0) is 31.0 Å². The van der Waals surface area contributed by atoms with Crippen molar-refractivity contribution >= 4 is 0 Å². The van der Waals surface area contributed by atoms with Crippen molar-refractivity contribution in [3.05, 3.63) is 47.5 Å². The average molecular weight is 201 g/mol. The van der Waals surface area contributed by atoms with Crippen molar-refractivity contribution in [2.45, 2.75) is 20.4 Å². The molecule has 78 valence electrons. The molecule has 0 radical (unpaired) electrons. The Kier molecular flexibility index (Phi) is 2.56. The molecule has 1 heterocycles. The van der Waals surface area contributed by atoms with Crippen LogP contribution in [0.25, 0.3) is 5.69 Å². The first kappa shape index (κ1) is 9.93. The molecule has 1 aromatic carbocycles. The molecule has 0 fully saturated rings. The molecule has 2 aromatic rings. The Morgan fingerprint density at radius 2 is 2.13 bits per heavy atom. The standard InChI is InChI=1S/C12H15N3/c1-9-4-3-5-11(10(9)2)15-7-6-14-12(15)8-13/h3-7H,8,13H2,1-2H3. The van der Waals surface area contributed by atoms with E-state index in [0.29, 0.717) is 6.54 Å². The molecule has 2 N–H and O–H groups in total. The summed E-state index contributed by atoms with van der Waals surface area (Å²) in [6.45, 7) is 4.68. The van der Waals surface area contributed by atoms with E-state index in [9.17, 15) is 0 Å². The van der Waals surface area contributed by atoms with Crippen molar-refractivity contribution in [1.29, 1.82) is 0 Å². The maximum atomic E-state index is 5.64. The van der Waals surface area contributed by atoms with Crippen molar-refractivity contribution < 1.29 is 0 Å². The third-order valence-corrected chi connectivity index (χ3v) is 2.74. The molecule has 2 rings (SSSR count). The Balaban J connectivity index is 2.59. The van der Waals surface area contributed by atoms with E-state index in [-0.39, 0.29) is 0 Å². The summed E-state index contributed by atoms with van der Waals surface area (Å²) in [7, 11) is 0. The van der Waals surface area contributed by atoms with Crippen LogP contribution in [0.15, 0.2) is 30.6 Å². The van der Waals surface area contributed by atoms with Gasteiger partial charge in [-0.15, -0.1) is 0 Å². The molecule has 15 heavy (non-hydrogen) atoms. The summed E-state index contributed by atoms with van der Waals surface area (Å²) in [5.41, 5.74) is 9.35. The van der Waals surface area contributed by atoms with Crippen molar-refractivity contribution in [1.82, 2.24) is 9.55 Å². The SMILES string of the molecule is Cc1cccc(-n2ccnc2CN)c1C. The lowest BCUT2D eigenvalue weighted by molar-refractivity contribution is 0.862. The average Bonchev–Trinajstić information content (AvgIpc) is 2.70. The largest absolute Gasteiger partial charge is 0.324 e. The maximum absolute atomic E-state index is 5.64. The summed E-state index contributed by atoms with van der Waals surface area (Å²) in [6, 6.07) is 6.25. The number of aromatic nitrogens is 2. The van der Waals surface area contributed by atoms with Gasteiger partial charge in [0.1, 0.15) is 5.82 Å². The van der Waals surface area contributed by atoms with Crippen LogP contribution in [0.4, 0.5) is 0 Å². The van der Waals surface area contributed by atoms with Gasteiger partial charge in [0.2, 0.25) is 0 Å². The molecular weight excluding hydrogens is 186 g/mol. The van der Waals surface area contributed by atoms with Gasteiger partial charge in [-0.25, -0.2) is 4.98 Å². The maximum Gasteiger partial charge on any atom is 0.126 e. The molecule has 3 nitrogen and oxygen atoms in total. The molecule has 0 aliphatic heterocycles. The normalized spacial score (nSPS) is 10.6. The first-order chi connectivity index (χ1) is 7.24. The van der Waals surface area contributed by atoms with Crippen LogP contribution in [-0.2, 0) is 6.54 Å². The lowest BCUT2D eigenvalue weighted by Gasteiger charge is -2.11. The summed E-state index contributed by atoms with van der Waals surface area (Å²) in [5, 5.41) is 0. The fourth-order valence-electron chi connectivity index (χ4n) is 1.70. The number of nitrogens with two attached hydrogens (primary N) is 1. The first-order valence-corrected chi connectivity index (χ1v) is 5.03. The molecule has 0 atom stereocenters. The fourth-order valence-corrected chi connectivity index (χ4v) is 1.70. The summed E-state index contributed by atoms with van der Waals surface area (Å²) in [4.78, 5) is 4.22. The number of benzene rings is 1. The van der Waals surface area contributed by atoms with E-state index in [0.717, 1.165) is 11.5 Å². The lowest BCUT2D eigenvalue weighted by atomic mass is 10.1. The Morgan fingerprint density at radius 1 is 1.33 bits per heavy atom. The monoisotopic (exact) mass is 201 g/mol. The second-order valence-electron chi connectivity index (χ2n) is 3.64. The number of hydrogen-bond donors (Lipinski definition) is 1. The van der Waals surface area contributed by atoms with Crippen LogP contribution in [0, 0.1) is 13.8 Å². The van der Waals surface area contributed by atoms with Crippen LogP contribution in [0.5, 0.6) is 0 Å². The highest BCUT2D eigenvalue weighted by Gasteiger charge is 2.06. The smallest absolute Gasteiger partial charge is 0.126 e. The van der Waals surface area contributed by atoms with Gasteiger partial charge in [0.05, 0.1) is 6.54 Å². The Labute approximate surface area is 89.6 Å². The van der Waals surface area contributed by atoms with E-state index in [2.05, 4.69) is 37.0 Å².